The fourth-order valence-electron chi connectivity index (χ4n) is 2.90. The average Bonchev–Trinajstić information content (AvgIpc) is 2.57. The number of rotatable bonds is 5. The van der Waals surface area contributed by atoms with Gasteiger partial charge in [0.2, 0.25) is 5.91 Å². The summed E-state index contributed by atoms with van der Waals surface area (Å²) in [7, 11) is 0. The Balaban J connectivity index is 1.70. The molecule has 3 aromatic rings. The molecule has 0 aliphatic heterocycles. The standard InChI is InChI=1S/C22H21NO/c1-16-4-2-5-19(12-16)13-17-8-10-18(11-9-17)14-20-6-3-7-21(15-20)22(23)24/h2-12,15H,13-14H2,1H3,(H2,23,24). The zero-order valence-corrected chi connectivity index (χ0v) is 13.8. The van der Waals surface area contributed by atoms with Gasteiger partial charge < -0.3 is 5.73 Å². The summed E-state index contributed by atoms with van der Waals surface area (Å²) in [5.74, 6) is -0.384. The lowest BCUT2D eigenvalue weighted by Crippen LogP contribution is -2.11. The van der Waals surface area contributed by atoms with Crippen molar-refractivity contribution in [3.05, 3.63) is 106 Å². The van der Waals surface area contributed by atoms with Gasteiger partial charge in [-0.3, -0.25) is 4.79 Å². The maximum absolute atomic E-state index is 11.3. The van der Waals surface area contributed by atoms with Crippen LogP contribution in [0.25, 0.3) is 0 Å². The Morgan fingerprint density at radius 2 is 1.29 bits per heavy atom. The number of aryl methyl sites for hydroxylation is 1. The van der Waals surface area contributed by atoms with E-state index in [1.807, 2.05) is 18.2 Å². The summed E-state index contributed by atoms with van der Waals surface area (Å²) in [6, 6.07) is 24.8. The molecule has 0 saturated carbocycles. The summed E-state index contributed by atoms with van der Waals surface area (Å²) in [5, 5.41) is 0. The predicted molar refractivity (Wildman–Crippen MR) is 98.2 cm³/mol. The lowest BCUT2D eigenvalue weighted by Gasteiger charge is -2.07. The lowest BCUT2D eigenvalue weighted by molar-refractivity contribution is 0.1000. The quantitative estimate of drug-likeness (QED) is 0.750. The number of primary amides is 1. The highest BCUT2D eigenvalue weighted by atomic mass is 16.1. The van der Waals surface area contributed by atoms with Gasteiger partial charge >= 0.3 is 0 Å². The van der Waals surface area contributed by atoms with Gasteiger partial charge in [0.05, 0.1) is 0 Å². The van der Waals surface area contributed by atoms with E-state index in [0.29, 0.717) is 5.56 Å². The van der Waals surface area contributed by atoms with Gasteiger partial charge in [-0.15, -0.1) is 0 Å². The maximum Gasteiger partial charge on any atom is 0.248 e. The molecule has 0 aromatic heterocycles. The second-order valence-corrected chi connectivity index (χ2v) is 6.22. The summed E-state index contributed by atoms with van der Waals surface area (Å²) in [6.07, 6.45) is 1.74. The minimum atomic E-state index is -0.384. The summed E-state index contributed by atoms with van der Waals surface area (Å²) >= 11 is 0. The molecule has 120 valence electrons. The van der Waals surface area contributed by atoms with E-state index in [1.54, 1.807) is 6.07 Å². The van der Waals surface area contributed by atoms with E-state index < -0.39 is 0 Å². The first-order chi connectivity index (χ1) is 11.6. The van der Waals surface area contributed by atoms with Crippen molar-refractivity contribution >= 4 is 5.91 Å². The molecule has 0 fully saturated rings. The molecule has 0 aliphatic rings. The number of hydrogen-bond donors (Lipinski definition) is 1. The van der Waals surface area contributed by atoms with E-state index in [-0.39, 0.29) is 5.91 Å². The second kappa shape index (κ2) is 7.14. The molecule has 24 heavy (non-hydrogen) atoms. The molecule has 2 N–H and O–H groups in total. The average molecular weight is 315 g/mol. The molecule has 0 aliphatic carbocycles. The Hall–Kier alpha value is -2.87. The predicted octanol–water partition coefficient (Wildman–Crippen LogP) is 4.28. The van der Waals surface area contributed by atoms with Crippen LogP contribution in [0, 0.1) is 6.92 Å². The molecule has 0 unspecified atom stereocenters. The first-order valence-electron chi connectivity index (χ1n) is 8.12. The molecule has 2 heteroatoms. The Kier molecular flexibility index (Phi) is 4.76. The zero-order chi connectivity index (χ0) is 16.9. The highest BCUT2D eigenvalue weighted by Gasteiger charge is 2.03. The van der Waals surface area contributed by atoms with Crippen molar-refractivity contribution in [2.24, 2.45) is 5.73 Å². The molecule has 0 heterocycles. The first-order valence-corrected chi connectivity index (χ1v) is 8.12. The fourth-order valence-corrected chi connectivity index (χ4v) is 2.90. The number of hydrogen-bond acceptors (Lipinski definition) is 1. The van der Waals surface area contributed by atoms with E-state index in [9.17, 15) is 4.79 Å². The molecule has 0 atom stereocenters. The van der Waals surface area contributed by atoms with Crippen molar-refractivity contribution in [1.29, 1.82) is 0 Å². The van der Waals surface area contributed by atoms with Gasteiger partial charge in [0.15, 0.2) is 0 Å². The maximum atomic E-state index is 11.3. The molecule has 0 bridgehead atoms. The Morgan fingerprint density at radius 1 is 0.750 bits per heavy atom. The van der Waals surface area contributed by atoms with Gasteiger partial charge in [-0.25, -0.2) is 0 Å². The number of amides is 1. The van der Waals surface area contributed by atoms with Gasteiger partial charge in [-0.05, 0) is 54.2 Å². The fraction of sp³-hybridized carbons (Fsp3) is 0.136. The minimum Gasteiger partial charge on any atom is -0.366 e. The highest BCUT2D eigenvalue weighted by Crippen LogP contribution is 2.15. The van der Waals surface area contributed by atoms with E-state index in [4.69, 9.17) is 5.73 Å². The van der Waals surface area contributed by atoms with Crippen LogP contribution in [0.15, 0.2) is 72.8 Å². The minimum absolute atomic E-state index is 0.384. The Labute approximate surface area is 143 Å². The van der Waals surface area contributed by atoms with Crippen molar-refractivity contribution in [2.75, 3.05) is 0 Å². The van der Waals surface area contributed by atoms with E-state index in [0.717, 1.165) is 18.4 Å². The lowest BCUT2D eigenvalue weighted by atomic mass is 9.99. The van der Waals surface area contributed by atoms with Gasteiger partial charge in [-0.2, -0.15) is 0 Å². The topological polar surface area (TPSA) is 43.1 Å². The van der Waals surface area contributed by atoms with Gasteiger partial charge in [-0.1, -0.05) is 66.2 Å². The summed E-state index contributed by atoms with van der Waals surface area (Å²) in [6.45, 7) is 2.12. The van der Waals surface area contributed by atoms with E-state index in [1.165, 1.54) is 22.3 Å². The molecule has 3 rings (SSSR count). The molecule has 2 nitrogen and oxygen atoms in total. The van der Waals surface area contributed by atoms with Crippen LogP contribution in [0.4, 0.5) is 0 Å². The first kappa shape index (κ1) is 16.0. The summed E-state index contributed by atoms with van der Waals surface area (Å²) in [4.78, 5) is 11.3. The monoisotopic (exact) mass is 315 g/mol. The number of benzene rings is 3. The Morgan fingerprint density at radius 3 is 1.83 bits per heavy atom. The molecular formula is C22H21NO. The van der Waals surface area contributed by atoms with Crippen LogP contribution in [-0.2, 0) is 12.8 Å². The van der Waals surface area contributed by atoms with Crippen molar-refractivity contribution in [3.63, 3.8) is 0 Å². The third-order valence-electron chi connectivity index (χ3n) is 4.13. The van der Waals surface area contributed by atoms with Crippen LogP contribution in [0.3, 0.4) is 0 Å². The van der Waals surface area contributed by atoms with Crippen LogP contribution in [-0.4, -0.2) is 5.91 Å². The normalized spacial score (nSPS) is 10.5. The van der Waals surface area contributed by atoms with E-state index >= 15 is 0 Å². The molecule has 3 aromatic carbocycles. The van der Waals surface area contributed by atoms with Crippen molar-refractivity contribution in [3.8, 4) is 0 Å². The number of nitrogens with two attached hydrogens (primary N) is 1. The molecule has 0 radical (unpaired) electrons. The van der Waals surface area contributed by atoms with Gasteiger partial charge in [0.25, 0.3) is 0 Å². The molecule has 1 amide bonds. The van der Waals surface area contributed by atoms with Crippen LogP contribution < -0.4 is 5.73 Å². The summed E-state index contributed by atoms with van der Waals surface area (Å²) in [5.41, 5.74) is 12.1. The van der Waals surface area contributed by atoms with Crippen molar-refractivity contribution in [1.82, 2.24) is 0 Å². The van der Waals surface area contributed by atoms with Crippen LogP contribution >= 0.6 is 0 Å². The van der Waals surface area contributed by atoms with Gasteiger partial charge in [0, 0.05) is 5.56 Å². The molecular weight excluding hydrogens is 294 g/mol. The number of carbonyl (C=O) groups excluding carboxylic acids is 1. The Bertz CT molecular complexity index is 850. The van der Waals surface area contributed by atoms with Crippen LogP contribution in [0.5, 0.6) is 0 Å². The van der Waals surface area contributed by atoms with E-state index in [2.05, 4.69) is 55.5 Å². The smallest absolute Gasteiger partial charge is 0.248 e. The molecule has 0 spiro atoms. The number of carbonyl (C=O) groups is 1. The third-order valence-corrected chi connectivity index (χ3v) is 4.13. The highest BCUT2D eigenvalue weighted by molar-refractivity contribution is 5.92. The SMILES string of the molecule is Cc1cccc(Cc2ccc(Cc3cccc(C(N)=O)c3)cc2)c1. The van der Waals surface area contributed by atoms with Crippen molar-refractivity contribution in [2.45, 2.75) is 19.8 Å². The summed E-state index contributed by atoms with van der Waals surface area (Å²) < 4.78 is 0. The van der Waals surface area contributed by atoms with Crippen LogP contribution in [0.2, 0.25) is 0 Å². The molecule has 0 saturated heterocycles. The van der Waals surface area contributed by atoms with Gasteiger partial charge in [0.1, 0.15) is 0 Å². The van der Waals surface area contributed by atoms with Crippen LogP contribution in [0.1, 0.15) is 38.2 Å². The third kappa shape index (κ3) is 4.11. The van der Waals surface area contributed by atoms with Crippen molar-refractivity contribution < 1.29 is 4.79 Å². The second-order valence-electron chi connectivity index (χ2n) is 6.22. The largest absolute Gasteiger partial charge is 0.366 e. The zero-order valence-electron chi connectivity index (χ0n) is 13.8.